The molecule has 103 valence electrons. The summed E-state index contributed by atoms with van der Waals surface area (Å²) in [6, 6.07) is 5.79. The fourth-order valence-corrected chi connectivity index (χ4v) is 2.37. The molecule has 0 amide bonds. The molecule has 1 aromatic carbocycles. The Morgan fingerprint density at radius 2 is 1.75 bits per heavy atom. The second-order valence-electron chi connectivity index (χ2n) is 3.40. The average molecular weight is 326 g/mol. The van der Waals surface area contributed by atoms with Crippen LogP contribution in [0.15, 0.2) is 41.6 Å². The predicted molar refractivity (Wildman–Crippen MR) is 78.1 cm³/mol. The third kappa shape index (κ3) is 4.89. The van der Waals surface area contributed by atoms with Crippen molar-refractivity contribution in [3.63, 3.8) is 0 Å². The Balaban J connectivity index is 0.00000180. The monoisotopic (exact) mass is 325 g/mol. The Morgan fingerprint density at radius 3 is 2.30 bits per heavy atom. The number of aromatic nitrogens is 2. The van der Waals surface area contributed by atoms with Crippen LogP contribution in [0, 0.1) is 0 Å². The Kier molecular flexibility index (Phi) is 7.42. The van der Waals surface area contributed by atoms with Crippen LogP contribution >= 0.6 is 11.6 Å². The van der Waals surface area contributed by atoms with E-state index in [1.807, 2.05) is 0 Å². The molecule has 0 fully saturated rings. The average Bonchev–Trinajstić information content (AvgIpc) is 2.29. The van der Waals surface area contributed by atoms with Crippen molar-refractivity contribution in [3.8, 4) is 0 Å². The first-order valence-corrected chi connectivity index (χ1v) is 6.69. The second kappa shape index (κ2) is 7.77. The zero-order valence-corrected chi connectivity index (χ0v) is 14.1. The molecule has 20 heavy (non-hydrogen) atoms. The number of hydrogen-bond donors (Lipinski definition) is 2. The smallest absolute Gasteiger partial charge is 0.263 e. The van der Waals surface area contributed by atoms with E-state index in [0.717, 1.165) is 0 Å². The topological polar surface area (TPSA) is 129 Å². The maximum Gasteiger partial charge on any atom is 0.263 e. The Morgan fingerprint density at radius 1 is 1.15 bits per heavy atom. The van der Waals surface area contributed by atoms with E-state index in [-0.39, 0.29) is 50.9 Å². The van der Waals surface area contributed by atoms with Gasteiger partial charge in [-0.05, 0) is 24.3 Å². The van der Waals surface area contributed by atoms with Crippen molar-refractivity contribution in [3.05, 3.63) is 41.8 Å². The van der Waals surface area contributed by atoms with Crippen molar-refractivity contribution in [1.29, 1.82) is 0 Å². The number of nitrogen functional groups attached to an aromatic ring is 1. The molecule has 0 aliphatic carbocycles. The van der Waals surface area contributed by atoms with Gasteiger partial charge in [-0.1, -0.05) is 11.6 Å². The number of benzene rings is 1. The molecular formula is C10H11ClN4NaO3S. The minimum absolute atomic E-state index is 0. The first-order valence-electron chi connectivity index (χ1n) is 4.83. The second-order valence-corrected chi connectivity index (χ2v) is 5.47. The van der Waals surface area contributed by atoms with Crippen molar-refractivity contribution in [2.75, 3.05) is 10.5 Å². The van der Waals surface area contributed by atoms with Crippen LogP contribution in [0.4, 0.5) is 11.5 Å². The minimum Gasteiger partial charge on any atom is -0.412 e. The molecule has 1 heterocycles. The summed E-state index contributed by atoms with van der Waals surface area (Å²) in [5.41, 5.74) is 5.97. The fourth-order valence-electron chi connectivity index (χ4n) is 1.23. The SMILES string of the molecule is Nc1ccc(S(=O)(=O)Nc2cncc(Cl)n2)cc1.O.[Na]. The summed E-state index contributed by atoms with van der Waals surface area (Å²) < 4.78 is 26.2. The van der Waals surface area contributed by atoms with Gasteiger partial charge < -0.3 is 11.2 Å². The molecule has 7 nitrogen and oxygen atoms in total. The van der Waals surface area contributed by atoms with Crippen LogP contribution in [0.2, 0.25) is 5.15 Å². The molecular weight excluding hydrogens is 315 g/mol. The summed E-state index contributed by atoms with van der Waals surface area (Å²) in [7, 11) is -3.71. The predicted octanol–water partition coefficient (Wildman–Crippen LogP) is 0.307. The summed E-state index contributed by atoms with van der Waals surface area (Å²) in [5, 5.41) is 0.104. The molecule has 10 heteroatoms. The van der Waals surface area contributed by atoms with Gasteiger partial charge in [0, 0.05) is 35.2 Å². The van der Waals surface area contributed by atoms with E-state index >= 15 is 0 Å². The quantitative estimate of drug-likeness (QED) is 0.619. The number of anilines is 2. The molecule has 0 unspecified atom stereocenters. The van der Waals surface area contributed by atoms with E-state index in [0.29, 0.717) is 5.69 Å². The van der Waals surface area contributed by atoms with Crippen LogP contribution in [-0.4, -0.2) is 53.4 Å². The van der Waals surface area contributed by atoms with Gasteiger partial charge in [-0.25, -0.2) is 13.4 Å². The number of rotatable bonds is 3. The molecule has 5 N–H and O–H groups in total. The molecule has 1 aromatic heterocycles. The largest absolute Gasteiger partial charge is 0.412 e. The summed E-state index contributed by atoms with van der Waals surface area (Å²) >= 11 is 5.62. The van der Waals surface area contributed by atoms with Gasteiger partial charge in [-0.2, -0.15) is 0 Å². The number of nitrogens with one attached hydrogen (secondary N) is 1. The Bertz CT molecular complexity index is 666. The normalized spacial score (nSPS) is 10.1. The van der Waals surface area contributed by atoms with Crippen molar-refractivity contribution in [1.82, 2.24) is 9.97 Å². The summed E-state index contributed by atoms with van der Waals surface area (Å²) in [4.78, 5) is 7.61. The van der Waals surface area contributed by atoms with Crippen LogP contribution < -0.4 is 10.5 Å². The van der Waals surface area contributed by atoms with Crippen LogP contribution in [0.25, 0.3) is 0 Å². The molecule has 0 aliphatic rings. The molecule has 0 bridgehead atoms. The summed E-state index contributed by atoms with van der Waals surface area (Å²) in [6.45, 7) is 0. The number of sulfonamides is 1. The van der Waals surface area contributed by atoms with Gasteiger partial charge in [0.25, 0.3) is 10.0 Å². The van der Waals surface area contributed by atoms with Gasteiger partial charge in [0.15, 0.2) is 5.82 Å². The molecule has 0 atom stereocenters. The van der Waals surface area contributed by atoms with E-state index in [1.54, 1.807) is 0 Å². The van der Waals surface area contributed by atoms with E-state index in [4.69, 9.17) is 17.3 Å². The van der Waals surface area contributed by atoms with Crippen LogP contribution in [-0.2, 0) is 10.0 Å². The number of nitrogens with two attached hydrogens (primary N) is 1. The maximum absolute atomic E-state index is 12.0. The van der Waals surface area contributed by atoms with Crippen molar-refractivity contribution in [2.45, 2.75) is 4.90 Å². The van der Waals surface area contributed by atoms with Gasteiger partial charge in [0.05, 0.1) is 17.3 Å². The summed E-state index contributed by atoms with van der Waals surface area (Å²) in [6.07, 6.45) is 2.57. The van der Waals surface area contributed by atoms with Gasteiger partial charge in [0.2, 0.25) is 0 Å². The first kappa shape index (κ1) is 19.1. The van der Waals surface area contributed by atoms with Crippen LogP contribution in [0.5, 0.6) is 0 Å². The zero-order chi connectivity index (χ0) is 13.2. The maximum atomic E-state index is 12.0. The molecule has 2 rings (SSSR count). The Labute approximate surface area is 143 Å². The minimum atomic E-state index is -3.71. The fraction of sp³-hybridized carbons (Fsp3) is 0. The first-order chi connectivity index (χ1) is 8.47. The molecule has 1 radical (unpaired) electrons. The van der Waals surface area contributed by atoms with Crippen LogP contribution in [0.1, 0.15) is 0 Å². The zero-order valence-electron chi connectivity index (χ0n) is 10.5. The van der Waals surface area contributed by atoms with Gasteiger partial charge in [-0.3, -0.25) is 9.71 Å². The van der Waals surface area contributed by atoms with Gasteiger partial charge in [-0.15, -0.1) is 0 Å². The molecule has 0 saturated carbocycles. The third-order valence-electron chi connectivity index (χ3n) is 2.03. The van der Waals surface area contributed by atoms with Crippen LogP contribution in [0.3, 0.4) is 0 Å². The van der Waals surface area contributed by atoms with Crippen molar-refractivity contribution in [2.24, 2.45) is 0 Å². The van der Waals surface area contributed by atoms with Crippen molar-refractivity contribution < 1.29 is 13.9 Å². The summed E-state index contributed by atoms with van der Waals surface area (Å²) in [5.74, 6) is 0.0549. The van der Waals surface area contributed by atoms with Gasteiger partial charge in [0.1, 0.15) is 5.15 Å². The Hall–Kier alpha value is -0.900. The van der Waals surface area contributed by atoms with E-state index in [2.05, 4.69) is 14.7 Å². The van der Waals surface area contributed by atoms with E-state index < -0.39 is 10.0 Å². The molecule has 0 aliphatic heterocycles. The third-order valence-corrected chi connectivity index (χ3v) is 3.59. The number of halogens is 1. The number of nitrogens with zero attached hydrogens (tertiary/aromatic N) is 2. The standard InChI is InChI=1S/C10H9ClN4O2S.Na.H2O/c11-9-5-13-6-10(14-9)15-18(16,17)8-3-1-7(12)2-4-8;;/h1-6H,12H2,(H,14,15);;1H2. The van der Waals surface area contributed by atoms with E-state index in [1.165, 1.54) is 36.7 Å². The van der Waals surface area contributed by atoms with Gasteiger partial charge >= 0.3 is 0 Å². The number of hydrogen-bond acceptors (Lipinski definition) is 5. The molecule has 0 saturated heterocycles. The molecule has 0 spiro atoms. The molecule has 2 aromatic rings. The van der Waals surface area contributed by atoms with Crippen molar-refractivity contribution >= 4 is 62.7 Å². The van der Waals surface area contributed by atoms with E-state index in [9.17, 15) is 8.42 Å².